The molecular formula is C15H26N2S. The van der Waals surface area contributed by atoms with Gasteiger partial charge in [0.15, 0.2) is 0 Å². The molecule has 1 aromatic rings. The first-order chi connectivity index (χ1) is 8.66. The average Bonchev–Trinajstić information content (AvgIpc) is 2.98. The molecule has 0 bridgehead atoms. The summed E-state index contributed by atoms with van der Waals surface area (Å²) in [6.45, 7) is 10.4. The Morgan fingerprint density at radius 2 is 2.17 bits per heavy atom. The van der Waals surface area contributed by atoms with Gasteiger partial charge in [-0.05, 0) is 51.0 Å². The van der Waals surface area contributed by atoms with Crippen LogP contribution in [0.15, 0.2) is 17.5 Å². The third kappa shape index (κ3) is 4.38. The molecule has 2 nitrogen and oxygen atoms in total. The van der Waals surface area contributed by atoms with Crippen LogP contribution >= 0.6 is 11.3 Å². The summed E-state index contributed by atoms with van der Waals surface area (Å²) in [6.07, 6.45) is 2.89. The van der Waals surface area contributed by atoms with Crippen molar-refractivity contribution in [2.24, 2.45) is 5.92 Å². The Morgan fingerprint density at radius 3 is 2.72 bits per heavy atom. The van der Waals surface area contributed by atoms with Crippen LogP contribution in [0.3, 0.4) is 0 Å². The lowest BCUT2D eigenvalue weighted by Gasteiger charge is -2.27. The highest BCUT2D eigenvalue weighted by molar-refractivity contribution is 7.10. The molecule has 1 N–H and O–H groups in total. The molecule has 3 heteroatoms. The maximum absolute atomic E-state index is 3.63. The van der Waals surface area contributed by atoms with Gasteiger partial charge in [-0.3, -0.25) is 4.90 Å². The smallest absolute Gasteiger partial charge is 0.0386 e. The molecular weight excluding hydrogens is 240 g/mol. The Labute approximate surface area is 115 Å². The predicted molar refractivity (Wildman–Crippen MR) is 80.2 cm³/mol. The minimum Gasteiger partial charge on any atom is -0.308 e. The molecule has 1 heterocycles. The average molecular weight is 266 g/mol. The molecule has 1 unspecified atom stereocenters. The standard InChI is InChI=1S/C15H26N2S/c1-12(2)17(11-14-6-7-14)9-8-16-13(3)15-5-4-10-18-15/h4-5,10,12-14,16H,6-9,11H2,1-3H3. The van der Waals surface area contributed by atoms with E-state index < -0.39 is 0 Å². The fraction of sp³-hybridized carbons (Fsp3) is 0.733. The fourth-order valence-corrected chi connectivity index (χ4v) is 3.01. The van der Waals surface area contributed by atoms with Gasteiger partial charge in [-0.25, -0.2) is 0 Å². The summed E-state index contributed by atoms with van der Waals surface area (Å²) in [6, 6.07) is 5.50. The monoisotopic (exact) mass is 266 g/mol. The lowest BCUT2D eigenvalue weighted by molar-refractivity contribution is 0.211. The van der Waals surface area contributed by atoms with Crippen molar-refractivity contribution in [3.63, 3.8) is 0 Å². The predicted octanol–water partition coefficient (Wildman–Crippen LogP) is 3.52. The number of hydrogen-bond donors (Lipinski definition) is 1. The summed E-state index contributed by atoms with van der Waals surface area (Å²) in [4.78, 5) is 4.06. The van der Waals surface area contributed by atoms with Gasteiger partial charge in [-0.1, -0.05) is 6.07 Å². The summed E-state index contributed by atoms with van der Waals surface area (Å²) in [7, 11) is 0. The molecule has 0 saturated heterocycles. The van der Waals surface area contributed by atoms with Gasteiger partial charge in [0.05, 0.1) is 0 Å². The lowest BCUT2D eigenvalue weighted by Crippen LogP contribution is -2.38. The molecule has 0 spiro atoms. The minimum absolute atomic E-state index is 0.486. The minimum atomic E-state index is 0.486. The van der Waals surface area contributed by atoms with Crippen molar-refractivity contribution in [1.82, 2.24) is 10.2 Å². The van der Waals surface area contributed by atoms with Crippen molar-refractivity contribution in [1.29, 1.82) is 0 Å². The van der Waals surface area contributed by atoms with Crippen LogP contribution in [0.4, 0.5) is 0 Å². The molecule has 1 aliphatic rings. The highest BCUT2D eigenvalue weighted by atomic mass is 32.1. The molecule has 0 radical (unpaired) electrons. The van der Waals surface area contributed by atoms with Gasteiger partial charge < -0.3 is 5.32 Å². The Bertz CT molecular complexity index is 330. The van der Waals surface area contributed by atoms with Crippen LogP contribution < -0.4 is 5.32 Å². The van der Waals surface area contributed by atoms with Crippen LogP contribution in [0.25, 0.3) is 0 Å². The van der Waals surface area contributed by atoms with Crippen molar-refractivity contribution >= 4 is 11.3 Å². The molecule has 1 aromatic heterocycles. The van der Waals surface area contributed by atoms with Gasteiger partial charge in [0.25, 0.3) is 0 Å². The Kier molecular flexibility index (Phi) is 5.22. The van der Waals surface area contributed by atoms with Crippen LogP contribution in [0.1, 0.15) is 44.5 Å². The normalized spacial score (nSPS) is 17.6. The third-order valence-electron chi connectivity index (χ3n) is 3.74. The van der Waals surface area contributed by atoms with Crippen LogP contribution in [0.5, 0.6) is 0 Å². The first kappa shape index (κ1) is 14.0. The molecule has 2 rings (SSSR count). The van der Waals surface area contributed by atoms with Gasteiger partial charge in [-0.2, -0.15) is 0 Å². The Hall–Kier alpha value is -0.380. The molecule has 0 aliphatic heterocycles. The van der Waals surface area contributed by atoms with Crippen LogP contribution in [-0.2, 0) is 0 Å². The van der Waals surface area contributed by atoms with Crippen molar-refractivity contribution in [3.05, 3.63) is 22.4 Å². The summed E-state index contributed by atoms with van der Waals surface area (Å²) in [5.74, 6) is 0.988. The number of hydrogen-bond acceptors (Lipinski definition) is 3. The van der Waals surface area contributed by atoms with Crippen LogP contribution in [0.2, 0.25) is 0 Å². The van der Waals surface area contributed by atoms with E-state index in [1.807, 2.05) is 11.3 Å². The second-order valence-electron chi connectivity index (χ2n) is 5.72. The molecule has 1 fully saturated rings. The van der Waals surface area contributed by atoms with Gasteiger partial charge >= 0.3 is 0 Å². The number of nitrogens with one attached hydrogen (secondary N) is 1. The van der Waals surface area contributed by atoms with Crippen LogP contribution in [0, 0.1) is 5.92 Å². The van der Waals surface area contributed by atoms with E-state index in [-0.39, 0.29) is 0 Å². The molecule has 18 heavy (non-hydrogen) atoms. The van der Waals surface area contributed by atoms with E-state index in [4.69, 9.17) is 0 Å². The maximum atomic E-state index is 3.63. The Morgan fingerprint density at radius 1 is 1.39 bits per heavy atom. The summed E-state index contributed by atoms with van der Waals surface area (Å²) >= 11 is 1.84. The van der Waals surface area contributed by atoms with Gasteiger partial charge in [0, 0.05) is 36.6 Å². The van der Waals surface area contributed by atoms with Crippen LogP contribution in [-0.4, -0.2) is 30.6 Å². The molecule has 102 valence electrons. The van der Waals surface area contributed by atoms with E-state index in [1.54, 1.807) is 0 Å². The van der Waals surface area contributed by atoms with Gasteiger partial charge in [0.2, 0.25) is 0 Å². The molecule has 0 aromatic carbocycles. The summed E-state index contributed by atoms with van der Waals surface area (Å²) in [5.41, 5.74) is 0. The number of rotatable bonds is 8. The lowest BCUT2D eigenvalue weighted by atomic mass is 10.2. The van der Waals surface area contributed by atoms with Gasteiger partial charge in [-0.15, -0.1) is 11.3 Å². The van der Waals surface area contributed by atoms with E-state index in [1.165, 1.54) is 30.8 Å². The molecule has 1 aliphatic carbocycles. The second kappa shape index (κ2) is 6.69. The topological polar surface area (TPSA) is 15.3 Å². The third-order valence-corrected chi connectivity index (χ3v) is 4.79. The summed E-state index contributed by atoms with van der Waals surface area (Å²) < 4.78 is 0. The summed E-state index contributed by atoms with van der Waals surface area (Å²) in [5, 5.41) is 5.79. The van der Waals surface area contributed by atoms with E-state index in [9.17, 15) is 0 Å². The van der Waals surface area contributed by atoms with E-state index in [0.29, 0.717) is 12.1 Å². The number of thiophene rings is 1. The molecule has 1 saturated carbocycles. The zero-order chi connectivity index (χ0) is 13.0. The quantitative estimate of drug-likeness (QED) is 0.774. The zero-order valence-corrected chi connectivity index (χ0v) is 12.7. The highest BCUT2D eigenvalue weighted by Gasteiger charge is 2.25. The molecule has 1 atom stereocenters. The zero-order valence-electron chi connectivity index (χ0n) is 11.9. The highest BCUT2D eigenvalue weighted by Crippen LogP contribution is 2.30. The van der Waals surface area contributed by atoms with E-state index in [0.717, 1.165) is 12.5 Å². The second-order valence-corrected chi connectivity index (χ2v) is 6.70. The van der Waals surface area contributed by atoms with Crippen molar-refractivity contribution in [2.45, 2.75) is 45.7 Å². The van der Waals surface area contributed by atoms with Crippen molar-refractivity contribution < 1.29 is 0 Å². The van der Waals surface area contributed by atoms with Crippen molar-refractivity contribution in [2.75, 3.05) is 19.6 Å². The first-order valence-electron chi connectivity index (χ1n) is 7.17. The van der Waals surface area contributed by atoms with E-state index >= 15 is 0 Å². The number of nitrogens with zero attached hydrogens (tertiary/aromatic N) is 1. The van der Waals surface area contributed by atoms with Crippen molar-refractivity contribution in [3.8, 4) is 0 Å². The maximum Gasteiger partial charge on any atom is 0.0386 e. The first-order valence-corrected chi connectivity index (χ1v) is 8.05. The largest absolute Gasteiger partial charge is 0.308 e. The van der Waals surface area contributed by atoms with E-state index in [2.05, 4.69) is 48.5 Å². The molecule has 0 amide bonds. The fourth-order valence-electron chi connectivity index (χ4n) is 2.26. The Balaban J connectivity index is 1.69. The SMILES string of the molecule is CC(NCCN(CC1CC1)C(C)C)c1cccs1. The van der Waals surface area contributed by atoms with Gasteiger partial charge in [0.1, 0.15) is 0 Å².